The molecule has 306 valence electrons. The first-order valence-corrected chi connectivity index (χ1v) is 22.1. The SMILES string of the molecule is CC/C=C\C/C=C\C/C=C\C/C=C\C/C=C\CCCCCC(=O)OC(COC(=O)CCCCCCCCCCCCC)COP(=O)(O)OCCN(C)C. The number of carbonyl (C=O) groups excluding carboxylic acids is 2. The fourth-order valence-electron chi connectivity index (χ4n) is 5.18. The monoisotopic (exact) mass is 766 g/mol. The van der Waals surface area contributed by atoms with Crippen LogP contribution in [0.2, 0.25) is 0 Å². The van der Waals surface area contributed by atoms with E-state index in [0.29, 0.717) is 13.0 Å². The molecule has 0 aromatic heterocycles. The smallest absolute Gasteiger partial charge is 0.462 e. The predicted octanol–water partition coefficient (Wildman–Crippen LogP) is 11.5. The first-order chi connectivity index (χ1) is 25.7. The number of likely N-dealkylation sites (N-methyl/N-ethyl adjacent to an activating group) is 1. The quantitative estimate of drug-likeness (QED) is 0.0286. The van der Waals surface area contributed by atoms with Crippen molar-refractivity contribution in [3.8, 4) is 0 Å². The van der Waals surface area contributed by atoms with Crippen LogP contribution < -0.4 is 0 Å². The summed E-state index contributed by atoms with van der Waals surface area (Å²) in [4.78, 5) is 36.9. The number of ether oxygens (including phenoxy) is 2. The van der Waals surface area contributed by atoms with Crippen molar-refractivity contribution >= 4 is 19.8 Å². The molecule has 10 heteroatoms. The molecule has 9 nitrogen and oxygen atoms in total. The number of carbonyl (C=O) groups is 2. The zero-order valence-corrected chi connectivity index (χ0v) is 34.8. The topological polar surface area (TPSA) is 112 Å². The molecule has 1 N–H and O–H groups in total. The third kappa shape index (κ3) is 39.2. The number of rotatable bonds is 37. The molecule has 0 aromatic carbocycles. The van der Waals surface area contributed by atoms with Crippen LogP contribution in [0.15, 0.2) is 60.8 Å². The van der Waals surface area contributed by atoms with E-state index in [4.69, 9.17) is 18.5 Å². The first kappa shape index (κ1) is 50.7. The maximum Gasteiger partial charge on any atom is 0.472 e. The predicted molar refractivity (Wildman–Crippen MR) is 220 cm³/mol. The molecule has 0 heterocycles. The van der Waals surface area contributed by atoms with Gasteiger partial charge in [-0.15, -0.1) is 0 Å². The summed E-state index contributed by atoms with van der Waals surface area (Å²) < 4.78 is 33.3. The van der Waals surface area contributed by atoms with Gasteiger partial charge in [0.15, 0.2) is 6.10 Å². The fourth-order valence-corrected chi connectivity index (χ4v) is 5.92. The molecule has 53 heavy (non-hydrogen) atoms. The molecular formula is C43H76NO8P. The minimum absolute atomic E-state index is 0.00119. The van der Waals surface area contributed by atoms with Crippen molar-refractivity contribution in [3.63, 3.8) is 0 Å². The molecule has 0 radical (unpaired) electrons. The molecule has 0 saturated carbocycles. The molecule has 0 bridgehead atoms. The minimum atomic E-state index is -4.37. The van der Waals surface area contributed by atoms with Gasteiger partial charge in [-0.1, -0.05) is 145 Å². The Morgan fingerprint density at radius 1 is 0.604 bits per heavy atom. The number of phosphoric ester groups is 1. The lowest BCUT2D eigenvalue weighted by Gasteiger charge is -2.20. The summed E-state index contributed by atoms with van der Waals surface area (Å²) in [5, 5.41) is 0. The van der Waals surface area contributed by atoms with Gasteiger partial charge in [-0.3, -0.25) is 18.6 Å². The number of hydrogen-bond donors (Lipinski definition) is 1. The van der Waals surface area contributed by atoms with Crippen molar-refractivity contribution in [3.05, 3.63) is 60.8 Å². The van der Waals surface area contributed by atoms with Crippen molar-refractivity contribution in [2.75, 3.05) is 40.5 Å². The third-order valence-electron chi connectivity index (χ3n) is 8.34. The Morgan fingerprint density at radius 3 is 1.60 bits per heavy atom. The molecule has 2 atom stereocenters. The normalized spacial score (nSPS) is 14.1. The van der Waals surface area contributed by atoms with E-state index in [9.17, 15) is 19.0 Å². The maximum absolute atomic E-state index is 12.6. The Morgan fingerprint density at radius 2 is 1.08 bits per heavy atom. The molecule has 0 saturated heterocycles. The summed E-state index contributed by atoms with van der Waals surface area (Å²) >= 11 is 0. The van der Waals surface area contributed by atoms with Gasteiger partial charge in [-0.25, -0.2) is 4.57 Å². The summed E-state index contributed by atoms with van der Waals surface area (Å²) in [5.74, 6) is -0.845. The Kier molecular flexibility index (Phi) is 36.4. The summed E-state index contributed by atoms with van der Waals surface area (Å²) in [5.41, 5.74) is 0. The Labute approximate surface area is 323 Å². The molecular weight excluding hydrogens is 689 g/mol. The standard InChI is InChI=1S/C43H76NO8P/c1-5-7-9-11-13-15-17-18-19-20-21-22-23-24-26-28-30-32-34-36-43(46)52-41(40-51-53(47,48)50-38-37-44(3)4)39-49-42(45)35-33-31-29-27-25-16-14-12-10-8-6-2/h7,9,13,15,18-19,21-22,24,26,41H,5-6,8,10-12,14,16-17,20,23,25,27-40H2,1-4H3,(H,47,48)/b9-7-,15-13-,19-18-,22-21-,26-24-. The number of esters is 2. The summed E-state index contributed by atoms with van der Waals surface area (Å²) in [6, 6.07) is 0. The molecule has 0 spiro atoms. The number of allylic oxidation sites excluding steroid dienone is 10. The van der Waals surface area contributed by atoms with Gasteiger partial charge in [0, 0.05) is 19.4 Å². The Balaban J connectivity index is 4.39. The van der Waals surface area contributed by atoms with E-state index in [1.54, 1.807) is 0 Å². The van der Waals surface area contributed by atoms with Crippen LogP contribution in [0.4, 0.5) is 0 Å². The average Bonchev–Trinajstić information content (AvgIpc) is 3.12. The van der Waals surface area contributed by atoms with Gasteiger partial charge in [0.05, 0.1) is 13.2 Å². The van der Waals surface area contributed by atoms with Crippen LogP contribution >= 0.6 is 7.82 Å². The third-order valence-corrected chi connectivity index (χ3v) is 9.32. The largest absolute Gasteiger partial charge is 0.472 e. The van der Waals surface area contributed by atoms with Crippen LogP contribution in [0, 0.1) is 0 Å². The fraction of sp³-hybridized carbons (Fsp3) is 0.721. The molecule has 0 aromatic rings. The highest BCUT2D eigenvalue weighted by molar-refractivity contribution is 7.47. The van der Waals surface area contributed by atoms with E-state index in [1.807, 2.05) is 19.0 Å². The van der Waals surface area contributed by atoms with Gasteiger partial charge >= 0.3 is 19.8 Å². The second-order valence-corrected chi connectivity index (χ2v) is 15.2. The average molecular weight is 766 g/mol. The van der Waals surface area contributed by atoms with Gasteiger partial charge in [0.1, 0.15) is 6.61 Å². The molecule has 0 aliphatic rings. The Hall–Kier alpha value is -2.29. The molecule has 0 amide bonds. The van der Waals surface area contributed by atoms with E-state index in [-0.39, 0.29) is 32.0 Å². The maximum atomic E-state index is 12.6. The number of nitrogens with zero attached hydrogens (tertiary/aromatic N) is 1. The number of phosphoric acid groups is 1. The molecule has 0 rings (SSSR count). The second kappa shape index (κ2) is 38.0. The van der Waals surface area contributed by atoms with Crippen LogP contribution in [-0.2, 0) is 32.7 Å². The first-order valence-electron chi connectivity index (χ1n) is 20.6. The van der Waals surface area contributed by atoms with Gasteiger partial charge in [0.25, 0.3) is 0 Å². The van der Waals surface area contributed by atoms with E-state index < -0.39 is 26.5 Å². The van der Waals surface area contributed by atoms with Gasteiger partial charge < -0.3 is 19.3 Å². The molecule has 2 unspecified atom stereocenters. The molecule has 0 aliphatic heterocycles. The minimum Gasteiger partial charge on any atom is -0.462 e. The van der Waals surface area contributed by atoms with E-state index in [1.165, 1.54) is 51.4 Å². The van der Waals surface area contributed by atoms with Gasteiger partial charge in [-0.05, 0) is 71.9 Å². The number of hydrogen-bond acceptors (Lipinski definition) is 8. The lowest BCUT2D eigenvalue weighted by molar-refractivity contribution is -0.161. The molecule has 0 aliphatic carbocycles. The summed E-state index contributed by atoms with van der Waals surface area (Å²) in [6.45, 7) is 4.14. The van der Waals surface area contributed by atoms with Crippen molar-refractivity contribution in [2.24, 2.45) is 0 Å². The lowest BCUT2D eigenvalue weighted by Crippen LogP contribution is -2.29. The van der Waals surface area contributed by atoms with E-state index in [0.717, 1.165) is 70.6 Å². The van der Waals surface area contributed by atoms with Gasteiger partial charge in [0.2, 0.25) is 0 Å². The van der Waals surface area contributed by atoms with Crippen LogP contribution in [0.5, 0.6) is 0 Å². The second-order valence-electron chi connectivity index (χ2n) is 13.8. The van der Waals surface area contributed by atoms with E-state index in [2.05, 4.69) is 74.6 Å². The highest BCUT2D eigenvalue weighted by atomic mass is 31.2. The Bertz CT molecular complexity index is 1070. The zero-order chi connectivity index (χ0) is 39.1. The number of unbranched alkanes of at least 4 members (excludes halogenated alkanes) is 13. The summed E-state index contributed by atoms with van der Waals surface area (Å²) in [7, 11) is -0.734. The van der Waals surface area contributed by atoms with Crippen LogP contribution in [0.3, 0.4) is 0 Å². The van der Waals surface area contributed by atoms with Crippen molar-refractivity contribution in [2.45, 2.75) is 161 Å². The highest BCUT2D eigenvalue weighted by Gasteiger charge is 2.26. The van der Waals surface area contributed by atoms with Gasteiger partial charge in [-0.2, -0.15) is 0 Å². The van der Waals surface area contributed by atoms with Crippen molar-refractivity contribution in [1.82, 2.24) is 4.90 Å². The van der Waals surface area contributed by atoms with E-state index >= 15 is 0 Å². The molecule has 0 fully saturated rings. The zero-order valence-electron chi connectivity index (χ0n) is 33.9. The van der Waals surface area contributed by atoms with Crippen LogP contribution in [0.1, 0.15) is 155 Å². The van der Waals surface area contributed by atoms with Crippen LogP contribution in [0.25, 0.3) is 0 Å². The van der Waals surface area contributed by atoms with Crippen molar-refractivity contribution < 1.29 is 37.6 Å². The van der Waals surface area contributed by atoms with Crippen molar-refractivity contribution in [1.29, 1.82) is 0 Å². The summed E-state index contributed by atoms with van der Waals surface area (Å²) in [6.07, 6.45) is 42.7. The highest BCUT2D eigenvalue weighted by Crippen LogP contribution is 2.43. The van der Waals surface area contributed by atoms with Crippen LogP contribution in [-0.4, -0.2) is 68.3 Å². The lowest BCUT2D eigenvalue weighted by atomic mass is 10.1.